The summed E-state index contributed by atoms with van der Waals surface area (Å²) in [6.45, 7) is 9.46. The quantitative estimate of drug-likeness (QED) is 0.329. The first-order chi connectivity index (χ1) is 16.4. The first kappa shape index (κ1) is 22.4. The van der Waals surface area contributed by atoms with Crippen molar-refractivity contribution < 1.29 is 4.42 Å². The van der Waals surface area contributed by atoms with Gasteiger partial charge in [-0.15, -0.1) is 0 Å². The molecule has 4 aromatic rings. The van der Waals surface area contributed by atoms with Crippen LogP contribution in [0.15, 0.2) is 77.5 Å². The fraction of sp³-hybridized carbons (Fsp3) is 0.286. The molecular formula is C28H30N4OS. The van der Waals surface area contributed by atoms with Gasteiger partial charge < -0.3 is 19.2 Å². The summed E-state index contributed by atoms with van der Waals surface area (Å²) in [5.41, 5.74) is 7.01. The highest BCUT2D eigenvalue weighted by molar-refractivity contribution is 7.80. The molecule has 174 valence electrons. The van der Waals surface area contributed by atoms with Crippen molar-refractivity contribution in [1.82, 2.24) is 14.9 Å². The number of aryl methyl sites for hydroxylation is 1. The third-order valence-electron chi connectivity index (χ3n) is 6.76. The second-order valence-corrected chi connectivity index (χ2v) is 9.62. The summed E-state index contributed by atoms with van der Waals surface area (Å²) in [6.07, 6.45) is 3.57. The van der Waals surface area contributed by atoms with Crippen molar-refractivity contribution in [2.24, 2.45) is 0 Å². The zero-order valence-electron chi connectivity index (χ0n) is 20.0. The van der Waals surface area contributed by atoms with Gasteiger partial charge in [0.1, 0.15) is 5.76 Å². The van der Waals surface area contributed by atoms with Gasteiger partial charge >= 0.3 is 0 Å². The van der Waals surface area contributed by atoms with Gasteiger partial charge in [-0.05, 0) is 85.6 Å². The van der Waals surface area contributed by atoms with E-state index in [1.807, 2.05) is 30.5 Å². The Labute approximate surface area is 206 Å². The molecule has 1 saturated heterocycles. The number of hydrogen-bond acceptors (Lipinski definition) is 3. The number of aromatic nitrogens is 2. The molecule has 0 unspecified atom stereocenters. The number of thiocarbonyl (C=S) groups is 1. The van der Waals surface area contributed by atoms with E-state index in [1.165, 1.54) is 22.5 Å². The minimum absolute atomic E-state index is 0.0242. The first-order valence-corrected chi connectivity index (χ1v) is 12.1. The van der Waals surface area contributed by atoms with Crippen LogP contribution in [0.2, 0.25) is 0 Å². The standard InChI is InChI=1S/C28H30N4OS/c1-18(2)21-10-12-22(13-11-21)32-27(26(30-28(32)34)25-9-5-6-14-29-25)24-16-19(3)31(20(24)4)17-23-8-7-15-33-23/h5-16,18,26-27H,17H2,1-4H3,(H,30,34)/t26-,27-/m1/s1. The van der Waals surface area contributed by atoms with E-state index in [4.69, 9.17) is 16.6 Å². The van der Waals surface area contributed by atoms with Crippen molar-refractivity contribution in [3.63, 3.8) is 0 Å². The van der Waals surface area contributed by atoms with Gasteiger partial charge in [-0.3, -0.25) is 4.98 Å². The predicted molar refractivity (Wildman–Crippen MR) is 140 cm³/mol. The Bertz CT molecular complexity index is 1280. The molecule has 0 bridgehead atoms. The molecule has 3 aromatic heterocycles. The van der Waals surface area contributed by atoms with Crippen molar-refractivity contribution in [3.05, 3.63) is 107 Å². The molecule has 0 radical (unpaired) electrons. The van der Waals surface area contributed by atoms with E-state index in [2.05, 4.69) is 83.9 Å². The average Bonchev–Trinajstić information content (AvgIpc) is 3.54. The van der Waals surface area contributed by atoms with E-state index in [0.29, 0.717) is 17.6 Å². The van der Waals surface area contributed by atoms with Crippen LogP contribution in [0.3, 0.4) is 0 Å². The Hall–Kier alpha value is -3.38. The summed E-state index contributed by atoms with van der Waals surface area (Å²) in [4.78, 5) is 6.93. The Morgan fingerprint density at radius 1 is 1.06 bits per heavy atom. The molecule has 6 heteroatoms. The number of benzene rings is 1. The molecule has 1 aromatic carbocycles. The molecule has 0 spiro atoms. The van der Waals surface area contributed by atoms with Gasteiger partial charge in [0.2, 0.25) is 0 Å². The molecule has 34 heavy (non-hydrogen) atoms. The highest BCUT2D eigenvalue weighted by atomic mass is 32.1. The molecule has 0 aliphatic carbocycles. The third kappa shape index (κ3) is 4.03. The summed E-state index contributed by atoms with van der Waals surface area (Å²) in [6, 6.07) is 21.0. The van der Waals surface area contributed by atoms with Gasteiger partial charge in [-0.2, -0.15) is 0 Å². The topological polar surface area (TPSA) is 46.2 Å². The molecular weight excluding hydrogens is 440 g/mol. The van der Waals surface area contributed by atoms with Crippen LogP contribution in [0.4, 0.5) is 5.69 Å². The van der Waals surface area contributed by atoms with Crippen LogP contribution in [0, 0.1) is 13.8 Å². The van der Waals surface area contributed by atoms with Crippen LogP contribution >= 0.6 is 12.2 Å². The number of anilines is 1. The third-order valence-corrected chi connectivity index (χ3v) is 7.08. The summed E-state index contributed by atoms with van der Waals surface area (Å²) >= 11 is 5.90. The van der Waals surface area contributed by atoms with Crippen LogP contribution in [0.1, 0.15) is 65.8 Å². The number of hydrogen-bond donors (Lipinski definition) is 1. The lowest BCUT2D eigenvalue weighted by atomic mass is 9.96. The van der Waals surface area contributed by atoms with Gasteiger partial charge in [0, 0.05) is 23.3 Å². The fourth-order valence-corrected chi connectivity index (χ4v) is 5.24. The zero-order valence-corrected chi connectivity index (χ0v) is 20.8. The van der Waals surface area contributed by atoms with E-state index in [0.717, 1.165) is 17.1 Å². The molecule has 1 fully saturated rings. The van der Waals surface area contributed by atoms with Crippen LogP contribution in [-0.2, 0) is 6.54 Å². The number of rotatable bonds is 6. The van der Waals surface area contributed by atoms with E-state index < -0.39 is 0 Å². The van der Waals surface area contributed by atoms with Crippen molar-refractivity contribution in [3.8, 4) is 0 Å². The van der Waals surface area contributed by atoms with Gasteiger partial charge in [0.25, 0.3) is 0 Å². The Morgan fingerprint density at radius 2 is 1.85 bits per heavy atom. The summed E-state index contributed by atoms with van der Waals surface area (Å²) in [5.74, 6) is 1.42. The minimum Gasteiger partial charge on any atom is -0.467 e. The van der Waals surface area contributed by atoms with Crippen LogP contribution < -0.4 is 10.2 Å². The molecule has 2 atom stereocenters. The normalized spacial score (nSPS) is 18.0. The summed E-state index contributed by atoms with van der Waals surface area (Å²) in [5, 5.41) is 4.29. The smallest absolute Gasteiger partial charge is 0.174 e. The van der Waals surface area contributed by atoms with E-state index in [9.17, 15) is 0 Å². The largest absolute Gasteiger partial charge is 0.467 e. The monoisotopic (exact) mass is 470 g/mol. The van der Waals surface area contributed by atoms with Crippen molar-refractivity contribution in [2.45, 2.75) is 52.2 Å². The number of pyridine rings is 1. The predicted octanol–water partition coefficient (Wildman–Crippen LogP) is 6.44. The van der Waals surface area contributed by atoms with E-state index in [1.54, 1.807) is 6.26 Å². The van der Waals surface area contributed by atoms with E-state index in [-0.39, 0.29) is 12.1 Å². The Morgan fingerprint density at radius 3 is 2.50 bits per heavy atom. The Balaban J connectivity index is 1.61. The van der Waals surface area contributed by atoms with Crippen LogP contribution in [0.5, 0.6) is 0 Å². The van der Waals surface area contributed by atoms with Crippen LogP contribution in [0.25, 0.3) is 0 Å². The van der Waals surface area contributed by atoms with Gasteiger partial charge in [-0.25, -0.2) is 0 Å². The number of nitrogens with zero attached hydrogens (tertiary/aromatic N) is 3. The molecule has 1 N–H and O–H groups in total. The summed E-state index contributed by atoms with van der Waals surface area (Å²) in [7, 11) is 0. The molecule has 5 rings (SSSR count). The second-order valence-electron chi connectivity index (χ2n) is 9.23. The van der Waals surface area contributed by atoms with Crippen LogP contribution in [-0.4, -0.2) is 14.7 Å². The molecule has 0 saturated carbocycles. The molecule has 5 nitrogen and oxygen atoms in total. The zero-order chi connectivity index (χ0) is 23.8. The molecule has 1 aliphatic heterocycles. The fourth-order valence-electron chi connectivity index (χ4n) is 4.90. The lowest BCUT2D eigenvalue weighted by Gasteiger charge is -2.28. The van der Waals surface area contributed by atoms with Gasteiger partial charge in [-0.1, -0.05) is 32.0 Å². The van der Waals surface area contributed by atoms with Crippen molar-refractivity contribution in [2.75, 3.05) is 4.90 Å². The lowest BCUT2D eigenvalue weighted by Crippen LogP contribution is -2.29. The SMILES string of the molecule is Cc1cc([C@@H]2[C@@H](c3ccccn3)NC(=S)N2c2ccc(C(C)C)cc2)c(C)n1Cc1ccco1. The van der Waals surface area contributed by atoms with E-state index >= 15 is 0 Å². The maximum atomic E-state index is 5.90. The highest BCUT2D eigenvalue weighted by Crippen LogP contribution is 2.43. The lowest BCUT2D eigenvalue weighted by molar-refractivity contribution is 0.488. The van der Waals surface area contributed by atoms with Crippen molar-refractivity contribution >= 4 is 23.0 Å². The Kier molecular flexibility index (Phi) is 6.00. The number of nitrogens with one attached hydrogen (secondary N) is 1. The van der Waals surface area contributed by atoms with Gasteiger partial charge in [0.15, 0.2) is 5.11 Å². The van der Waals surface area contributed by atoms with Crippen molar-refractivity contribution in [1.29, 1.82) is 0 Å². The minimum atomic E-state index is -0.0592. The molecule has 1 aliphatic rings. The number of furan rings is 1. The van der Waals surface area contributed by atoms with Gasteiger partial charge in [0.05, 0.1) is 30.6 Å². The highest BCUT2D eigenvalue weighted by Gasteiger charge is 2.42. The maximum Gasteiger partial charge on any atom is 0.174 e. The maximum absolute atomic E-state index is 5.90. The average molecular weight is 471 g/mol. The second kappa shape index (κ2) is 9.11. The molecule has 0 amide bonds. The first-order valence-electron chi connectivity index (χ1n) is 11.7. The molecule has 4 heterocycles. The summed E-state index contributed by atoms with van der Waals surface area (Å²) < 4.78 is 7.95.